The summed E-state index contributed by atoms with van der Waals surface area (Å²) in [4.78, 5) is 22.6. The molecule has 0 saturated heterocycles. The van der Waals surface area contributed by atoms with Crippen molar-refractivity contribution < 1.29 is 18.1 Å². The number of hydrogen-bond acceptors (Lipinski definition) is 7. The first-order valence-electron chi connectivity index (χ1n) is 9.25. The van der Waals surface area contributed by atoms with E-state index in [1.807, 2.05) is 0 Å². The van der Waals surface area contributed by atoms with Crippen molar-refractivity contribution in [1.29, 1.82) is 0 Å². The third-order valence-corrected chi connectivity index (χ3v) is 5.72. The number of rotatable bonds is 9. The highest BCUT2D eigenvalue weighted by atomic mass is 32.2. The Bertz CT molecular complexity index is 1190. The van der Waals surface area contributed by atoms with Gasteiger partial charge in [0.1, 0.15) is 5.75 Å². The van der Waals surface area contributed by atoms with Crippen LogP contribution in [0.25, 0.3) is 0 Å². The SMILES string of the molecule is O=C(CS(=O)(=O)C/C(=N/Nc1ccc([N+](=O)[O-])cc1)c1ccccc1)c1ccccc1. The molecule has 0 fully saturated rings. The van der Waals surface area contributed by atoms with Gasteiger partial charge in [0.25, 0.3) is 5.69 Å². The minimum atomic E-state index is -3.81. The Morgan fingerprint density at radius 2 is 1.39 bits per heavy atom. The summed E-state index contributed by atoms with van der Waals surface area (Å²) >= 11 is 0. The summed E-state index contributed by atoms with van der Waals surface area (Å²) in [6, 6.07) is 22.5. The molecule has 0 radical (unpaired) electrons. The molecule has 3 rings (SSSR count). The summed E-state index contributed by atoms with van der Waals surface area (Å²) in [7, 11) is -3.81. The summed E-state index contributed by atoms with van der Waals surface area (Å²) in [5.41, 5.74) is 4.24. The molecule has 0 bridgehead atoms. The van der Waals surface area contributed by atoms with Gasteiger partial charge in [0, 0.05) is 17.7 Å². The third-order valence-electron chi connectivity index (χ3n) is 4.31. The van der Waals surface area contributed by atoms with Crippen LogP contribution in [0, 0.1) is 10.1 Å². The maximum Gasteiger partial charge on any atom is 0.269 e. The van der Waals surface area contributed by atoms with Crippen LogP contribution in [0.4, 0.5) is 11.4 Å². The summed E-state index contributed by atoms with van der Waals surface area (Å²) in [5, 5.41) is 15.0. The van der Waals surface area contributed by atoms with Gasteiger partial charge in [-0.1, -0.05) is 60.7 Å². The van der Waals surface area contributed by atoms with E-state index in [4.69, 9.17) is 0 Å². The van der Waals surface area contributed by atoms with Gasteiger partial charge in [0.05, 0.1) is 22.1 Å². The Morgan fingerprint density at radius 1 is 0.839 bits per heavy atom. The number of nitro benzene ring substituents is 1. The van der Waals surface area contributed by atoms with E-state index in [2.05, 4.69) is 10.5 Å². The van der Waals surface area contributed by atoms with Crippen molar-refractivity contribution in [1.82, 2.24) is 0 Å². The molecule has 8 nitrogen and oxygen atoms in total. The number of anilines is 1. The Hall–Kier alpha value is -3.85. The fourth-order valence-electron chi connectivity index (χ4n) is 2.77. The summed E-state index contributed by atoms with van der Waals surface area (Å²) in [5.74, 6) is -1.58. The predicted molar refractivity (Wildman–Crippen MR) is 119 cm³/mol. The van der Waals surface area contributed by atoms with Crippen LogP contribution < -0.4 is 5.43 Å². The molecule has 3 aromatic carbocycles. The lowest BCUT2D eigenvalue weighted by Crippen LogP contribution is -2.25. The van der Waals surface area contributed by atoms with Gasteiger partial charge in [0.2, 0.25) is 0 Å². The van der Waals surface area contributed by atoms with E-state index < -0.39 is 32.0 Å². The number of nitrogens with zero attached hydrogens (tertiary/aromatic N) is 2. The molecule has 0 amide bonds. The zero-order chi connectivity index (χ0) is 22.3. The highest BCUT2D eigenvalue weighted by Crippen LogP contribution is 2.16. The highest BCUT2D eigenvalue weighted by molar-refractivity contribution is 7.92. The standard InChI is InChI=1S/C22H19N3O5S/c26-22(18-9-5-2-6-10-18)16-31(29,30)15-21(17-7-3-1-4-8-17)24-23-19-11-13-20(14-12-19)25(27)28/h1-14,23H,15-16H2/b24-21-. The molecule has 0 atom stereocenters. The summed E-state index contributed by atoms with van der Waals surface area (Å²) in [6.45, 7) is 0. The first-order valence-corrected chi connectivity index (χ1v) is 11.1. The van der Waals surface area contributed by atoms with Gasteiger partial charge in [-0.15, -0.1) is 0 Å². The van der Waals surface area contributed by atoms with Gasteiger partial charge < -0.3 is 0 Å². The molecule has 3 aromatic rings. The van der Waals surface area contributed by atoms with E-state index in [-0.39, 0.29) is 11.4 Å². The number of hydrazone groups is 1. The largest absolute Gasteiger partial charge is 0.293 e. The van der Waals surface area contributed by atoms with Crippen LogP contribution in [0.1, 0.15) is 15.9 Å². The van der Waals surface area contributed by atoms with Crippen molar-refractivity contribution in [3.05, 3.63) is 106 Å². The fourth-order valence-corrected chi connectivity index (χ4v) is 4.08. The van der Waals surface area contributed by atoms with Crippen LogP contribution in [0.15, 0.2) is 90.0 Å². The topological polar surface area (TPSA) is 119 Å². The summed E-state index contributed by atoms with van der Waals surface area (Å²) < 4.78 is 25.4. The molecule has 9 heteroatoms. The molecular formula is C22H19N3O5S. The van der Waals surface area contributed by atoms with Crippen molar-refractivity contribution in [3.63, 3.8) is 0 Å². The minimum Gasteiger partial charge on any atom is -0.293 e. The van der Waals surface area contributed by atoms with Gasteiger partial charge in [-0.25, -0.2) is 8.42 Å². The van der Waals surface area contributed by atoms with E-state index in [9.17, 15) is 23.3 Å². The van der Waals surface area contributed by atoms with Crippen LogP contribution in [0.5, 0.6) is 0 Å². The third kappa shape index (κ3) is 6.31. The van der Waals surface area contributed by atoms with E-state index in [1.54, 1.807) is 60.7 Å². The number of nitro groups is 1. The lowest BCUT2D eigenvalue weighted by Gasteiger charge is -2.09. The van der Waals surface area contributed by atoms with Crippen LogP contribution in [-0.4, -0.2) is 36.3 Å². The van der Waals surface area contributed by atoms with Gasteiger partial charge in [-0.3, -0.25) is 20.3 Å². The zero-order valence-electron chi connectivity index (χ0n) is 16.3. The first kappa shape index (κ1) is 21.8. The number of carbonyl (C=O) groups is 1. The van der Waals surface area contributed by atoms with Gasteiger partial charge in [-0.2, -0.15) is 5.10 Å². The number of nitrogens with one attached hydrogen (secondary N) is 1. The van der Waals surface area contributed by atoms with Crippen molar-refractivity contribution in [2.24, 2.45) is 5.10 Å². The molecule has 0 unspecified atom stereocenters. The molecule has 0 spiro atoms. The number of hydrogen-bond donors (Lipinski definition) is 1. The Labute approximate surface area is 179 Å². The van der Waals surface area contributed by atoms with Crippen molar-refractivity contribution in [3.8, 4) is 0 Å². The monoisotopic (exact) mass is 437 g/mol. The highest BCUT2D eigenvalue weighted by Gasteiger charge is 2.21. The maximum absolute atomic E-state index is 12.7. The van der Waals surface area contributed by atoms with Crippen LogP contribution in [-0.2, 0) is 9.84 Å². The Kier molecular flexibility index (Phi) is 6.88. The van der Waals surface area contributed by atoms with Crippen molar-refractivity contribution in [2.75, 3.05) is 16.9 Å². The van der Waals surface area contributed by atoms with Crippen LogP contribution in [0.2, 0.25) is 0 Å². The number of sulfone groups is 1. The van der Waals surface area contributed by atoms with Crippen molar-refractivity contribution >= 4 is 32.7 Å². The summed E-state index contributed by atoms with van der Waals surface area (Å²) in [6.07, 6.45) is 0. The predicted octanol–water partition coefficient (Wildman–Crippen LogP) is 3.71. The van der Waals surface area contributed by atoms with Gasteiger partial charge in [0.15, 0.2) is 15.6 Å². The molecular weight excluding hydrogens is 418 g/mol. The number of ketones is 1. The lowest BCUT2D eigenvalue weighted by atomic mass is 10.1. The second-order valence-corrected chi connectivity index (χ2v) is 8.73. The molecule has 0 aliphatic rings. The molecule has 31 heavy (non-hydrogen) atoms. The van der Waals surface area contributed by atoms with E-state index >= 15 is 0 Å². The van der Waals surface area contributed by atoms with E-state index in [0.717, 1.165) is 0 Å². The average Bonchev–Trinajstić information content (AvgIpc) is 2.77. The first-order chi connectivity index (χ1) is 14.8. The van der Waals surface area contributed by atoms with E-state index in [0.29, 0.717) is 16.8 Å². The second-order valence-electron chi connectivity index (χ2n) is 6.66. The number of Topliss-reactive ketones (excluding diaryl/α,β-unsaturated/α-hetero) is 1. The number of non-ortho nitro benzene ring substituents is 1. The molecule has 0 aromatic heterocycles. The molecule has 1 N–H and O–H groups in total. The quantitative estimate of drug-likeness (QED) is 0.236. The van der Waals surface area contributed by atoms with Crippen LogP contribution >= 0.6 is 0 Å². The number of benzene rings is 3. The molecule has 158 valence electrons. The Morgan fingerprint density at radius 3 is 1.94 bits per heavy atom. The molecule has 0 aliphatic heterocycles. The molecule has 0 heterocycles. The smallest absolute Gasteiger partial charge is 0.269 e. The average molecular weight is 437 g/mol. The van der Waals surface area contributed by atoms with Gasteiger partial charge >= 0.3 is 0 Å². The minimum absolute atomic E-state index is 0.0696. The van der Waals surface area contributed by atoms with E-state index in [1.165, 1.54) is 24.3 Å². The van der Waals surface area contributed by atoms with Gasteiger partial charge in [-0.05, 0) is 17.7 Å². The number of carbonyl (C=O) groups excluding carboxylic acids is 1. The Balaban J connectivity index is 1.81. The molecule has 0 saturated carbocycles. The second kappa shape index (κ2) is 9.77. The zero-order valence-corrected chi connectivity index (χ0v) is 17.2. The lowest BCUT2D eigenvalue weighted by molar-refractivity contribution is -0.384. The van der Waals surface area contributed by atoms with Crippen molar-refractivity contribution in [2.45, 2.75) is 0 Å². The maximum atomic E-state index is 12.7. The normalized spacial score (nSPS) is 11.7. The molecule has 0 aliphatic carbocycles. The fraction of sp³-hybridized carbons (Fsp3) is 0.0909. The van der Waals surface area contributed by atoms with Crippen LogP contribution in [0.3, 0.4) is 0 Å².